The Morgan fingerprint density at radius 3 is 2.03 bits per heavy atom. The van der Waals surface area contributed by atoms with E-state index in [0.29, 0.717) is 11.1 Å². The van der Waals surface area contributed by atoms with Crippen LogP contribution in [0.1, 0.15) is 15.9 Å². The Balaban J connectivity index is 1.54. The van der Waals surface area contributed by atoms with Crippen LogP contribution in [0.3, 0.4) is 0 Å². The highest BCUT2D eigenvalue weighted by atomic mass is 19.4. The zero-order valence-electron chi connectivity index (χ0n) is 17.0. The summed E-state index contributed by atoms with van der Waals surface area (Å²) in [5.74, 6) is -7.51. The minimum absolute atomic E-state index is 0.0489. The number of hydrogen-bond donors (Lipinski definition) is 0. The van der Waals surface area contributed by atoms with Gasteiger partial charge in [0, 0.05) is 12.3 Å². The molecule has 13 heteroatoms. The van der Waals surface area contributed by atoms with Gasteiger partial charge in [-0.2, -0.15) is 18.1 Å². The maximum atomic E-state index is 13.9. The Morgan fingerprint density at radius 2 is 1.49 bits per heavy atom. The monoisotopic (exact) mass is 491 g/mol. The fourth-order valence-electron chi connectivity index (χ4n) is 3.08. The number of alkyl halides is 3. The van der Waals surface area contributed by atoms with Gasteiger partial charge in [0.15, 0.2) is 0 Å². The maximum Gasteiger partial charge on any atom is 0.417 e. The summed E-state index contributed by atoms with van der Waals surface area (Å²) in [7, 11) is 0. The predicted octanol–water partition coefficient (Wildman–Crippen LogP) is 4.31. The summed E-state index contributed by atoms with van der Waals surface area (Å²) in [4.78, 5) is 53.5. The minimum Gasteiger partial charge on any atom is -0.439 e. The van der Waals surface area contributed by atoms with Crippen LogP contribution in [0.2, 0.25) is 0 Å². The van der Waals surface area contributed by atoms with Gasteiger partial charge in [-0.3, -0.25) is 14.4 Å². The van der Waals surface area contributed by atoms with Gasteiger partial charge in [0.2, 0.25) is 5.88 Å². The van der Waals surface area contributed by atoms with Crippen LogP contribution in [0.4, 0.5) is 32.4 Å². The lowest BCUT2D eigenvalue weighted by Crippen LogP contribution is -2.39. The van der Waals surface area contributed by atoms with Crippen LogP contribution in [-0.2, 0) is 15.8 Å². The van der Waals surface area contributed by atoms with Crippen LogP contribution in [-0.4, -0.2) is 33.6 Å². The van der Waals surface area contributed by atoms with Crippen LogP contribution in [0.25, 0.3) is 0 Å². The Hall–Kier alpha value is -4.68. The van der Waals surface area contributed by atoms with Crippen molar-refractivity contribution < 1.29 is 45.9 Å². The molecular weight excluding hydrogens is 481 g/mol. The number of hydrogen-bond acceptors (Lipinski definition) is 6. The van der Waals surface area contributed by atoms with Crippen molar-refractivity contribution >= 4 is 29.4 Å². The van der Waals surface area contributed by atoms with Gasteiger partial charge in [-0.1, -0.05) is 6.07 Å². The van der Waals surface area contributed by atoms with Crippen molar-refractivity contribution in [2.24, 2.45) is 0 Å². The standard InChI is InChI=1S/C22H10F5N3O5/c23-14-2-1-3-15(24)17(14)18(31)30-20(33)19(32)29(21(30)34)12-5-7-13(8-6-12)35-16-9-4-11(10-28-16)22(25,26)27/h1-10H. The molecule has 1 fully saturated rings. The highest BCUT2D eigenvalue weighted by molar-refractivity contribution is 6.56. The Kier molecular flexibility index (Phi) is 5.76. The lowest BCUT2D eigenvalue weighted by molar-refractivity contribution is -0.138. The summed E-state index contributed by atoms with van der Waals surface area (Å²) < 4.78 is 71.0. The lowest BCUT2D eigenvalue weighted by Gasteiger charge is -2.15. The van der Waals surface area contributed by atoms with Crippen LogP contribution in [0, 0.1) is 11.6 Å². The Morgan fingerprint density at radius 1 is 0.857 bits per heavy atom. The first-order valence-corrected chi connectivity index (χ1v) is 9.51. The number of carbonyl (C=O) groups is 4. The van der Waals surface area contributed by atoms with E-state index in [1.165, 1.54) is 12.1 Å². The molecule has 0 aliphatic carbocycles. The van der Waals surface area contributed by atoms with Gasteiger partial charge in [0.05, 0.1) is 11.3 Å². The van der Waals surface area contributed by atoms with Crippen LogP contribution >= 0.6 is 0 Å². The third-order valence-corrected chi connectivity index (χ3v) is 4.73. The molecule has 0 atom stereocenters. The second kappa shape index (κ2) is 8.59. The van der Waals surface area contributed by atoms with E-state index in [1.54, 1.807) is 0 Å². The first-order chi connectivity index (χ1) is 16.5. The summed E-state index contributed by atoms with van der Waals surface area (Å²) in [6, 6.07) is 7.43. The number of amides is 5. The van der Waals surface area contributed by atoms with E-state index < -0.39 is 52.7 Å². The molecule has 0 saturated carbocycles. The van der Waals surface area contributed by atoms with Crippen molar-refractivity contribution in [3.63, 3.8) is 0 Å². The maximum absolute atomic E-state index is 13.9. The molecule has 1 aromatic heterocycles. The van der Waals surface area contributed by atoms with E-state index in [1.807, 2.05) is 0 Å². The van der Waals surface area contributed by atoms with Gasteiger partial charge in [-0.15, -0.1) is 0 Å². The minimum atomic E-state index is -4.58. The number of imide groups is 4. The van der Waals surface area contributed by atoms with Gasteiger partial charge >= 0.3 is 24.0 Å². The van der Waals surface area contributed by atoms with Crippen LogP contribution in [0.5, 0.6) is 11.6 Å². The van der Waals surface area contributed by atoms with Gasteiger partial charge in [-0.25, -0.2) is 23.5 Å². The predicted molar refractivity (Wildman–Crippen MR) is 106 cm³/mol. The van der Waals surface area contributed by atoms with Crippen molar-refractivity contribution in [1.82, 2.24) is 9.88 Å². The third kappa shape index (κ3) is 4.30. The van der Waals surface area contributed by atoms with E-state index in [2.05, 4.69) is 4.98 Å². The highest BCUT2D eigenvalue weighted by Gasteiger charge is 2.50. The second-order valence-corrected chi connectivity index (χ2v) is 6.94. The van der Waals surface area contributed by atoms with Crippen molar-refractivity contribution in [2.45, 2.75) is 6.18 Å². The van der Waals surface area contributed by atoms with Gasteiger partial charge in [0.25, 0.3) is 5.91 Å². The number of anilines is 1. The molecule has 1 saturated heterocycles. The Labute approximate surface area is 192 Å². The molecule has 0 N–H and O–H groups in total. The molecular formula is C22H10F5N3O5. The van der Waals surface area contributed by atoms with Gasteiger partial charge in [0.1, 0.15) is 22.9 Å². The van der Waals surface area contributed by atoms with Crippen molar-refractivity contribution in [1.29, 1.82) is 0 Å². The molecule has 2 heterocycles. The lowest BCUT2D eigenvalue weighted by atomic mass is 10.1. The van der Waals surface area contributed by atoms with Crippen molar-refractivity contribution in [2.75, 3.05) is 4.90 Å². The van der Waals surface area contributed by atoms with E-state index in [9.17, 15) is 41.1 Å². The molecule has 1 aliphatic heterocycles. The molecule has 0 radical (unpaired) electrons. The molecule has 178 valence electrons. The molecule has 0 bridgehead atoms. The quantitative estimate of drug-likeness (QED) is 0.234. The normalized spacial score (nSPS) is 14.0. The van der Waals surface area contributed by atoms with Crippen LogP contribution in [0.15, 0.2) is 60.8 Å². The molecule has 2 aromatic carbocycles. The first-order valence-electron chi connectivity index (χ1n) is 9.51. The summed E-state index contributed by atoms with van der Waals surface area (Å²) in [6.07, 6.45) is -4.01. The average molecular weight is 491 g/mol. The summed E-state index contributed by atoms with van der Waals surface area (Å²) in [6.45, 7) is 0. The molecule has 8 nitrogen and oxygen atoms in total. The number of aromatic nitrogens is 1. The summed E-state index contributed by atoms with van der Waals surface area (Å²) in [5.41, 5.74) is -2.35. The van der Waals surface area contributed by atoms with Gasteiger partial charge < -0.3 is 4.74 Å². The number of nitrogens with zero attached hydrogens (tertiary/aromatic N) is 3. The molecule has 35 heavy (non-hydrogen) atoms. The molecule has 5 amide bonds. The third-order valence-electron chi connectivity index (χ3n) is 4.73. The number of benzene rings is 2. The first kappa shape index (κ1) is 23.5. The topological polar surface area (TPSA) is 96.9 Å². The highest BCUT2D eigenvalue weighted by Crippen LogP contribution is 2.31. The SMILES string of the molecule is O=C1C(=O)N(c2ccc(Oc3ccc(C(F)(F)F)cn3)cc2)C(=O)N1C(=O)c1c(F)cccc1F. The van der Waals surface area contributed by atoms with Crippen molar-refractivity contribution in [3.8, 4) is 11.6 Å². The smallest absolute Gasteiger partial charge is 0.417 e. The largest absolute Gasteiger partial charge is 0.439 e. The summed E-state index contributed by atoms with van der Waals surface area (Å²) >= 11 is 0. The number of halogens is 5. The number of rotatable bonds is 4. The number of urea groups is 1. The van der Waals surface area contributed by atoms with E-state index in [-0.39, 0.29) is 22.2 Å². The van der Waals surface area contributed by atoms with Crippen LogP contribution < -0.4 is 9.64 Å². The second-order valence-electron chi connectivity index (χ2n) is 6.94. The molecule has 1 aliphatic rings. The average Bonchev–Trinajstić information content (AvgIpc) is 3.02. The number of pyridine rings is 1. The molecule has 0 spiro atoms. The molecule has 0 unspecified atom stereocenters. The zero-order valence-corrected chi connectivity index (χ0v) is 17.0. The Bertz CT molecular complexity index is 1340. The zero-order chi connectivity index (χ0) is 25.5. The fraction of sp³-hybridized carbons (Fsp3) is 0.0455. The molecule has 4 rings (SSSR count). The van der Waals surface area contributed by atoms with E-state index >= 15 is 0 Å². The molecule has 3 aromatic rings. The fourth-order valence-corrected chi connectivity index (χ4v) is 3.08. The van der Waals surface area contributed by atoms with E-state index in [4.69, 9.17) is 4.74 Å². The van der Waals surface area contributed by atoms with Crippen molar-refractivity contribution in [3.05, 3.63) is 83.6 Å². The van der Waals surface area contributed by atoms with E-state index in [0.717, 1.165) is 42.5 Å². The summed E-state index contributed by atoms with van der Waals surface area (Å²) in [5, 5.41) is 0. The van der Waals surface area contributed by atoms with Gasteiger partial charge in [-0.05, 0) is 42.5 Å². The number of carbonyl (C=O) groups excluding carboxylic acids is 4. The number of ether oxygens (including phenoxy) is 1.